The number of carbonyl (C=O) groups excluding carboxylic acids is 3. The molecule has 0 saturated carbocycles. The second kappa shape index (κ2) is 15.0. The first-order valence-corrected chi connectivity index (χ1v) is 10.6. The number of aliphatic hydroxyl groups is 2. The maximum Gasteiger partial charge on any atom is 0.326 e. The topological polar surface area (TPSA) is 255 Å². The van der Waals surface area contributed by atoms with Gasteiger partial charge in [-0.15, -0.1) is 0 Å². The fourth-order valence-corrected chi connectivity index (χ4v) is 2.66. The van der Waals surface area contributed by atoms with Crippen molar-refractivity contribution in [3.05, 3.63) is 0 Å². The molecule has 6 unspecified atom stereocenters. The predicted molar refractivity (Wildman–Crippen MR) is 120 cm³/mol. The number of hydrogen-bond donors (Lipinski definition) is 9. The Hall–Kier alpha value is -2.97. The smallest absolute Gasteiger partial charge is 0.326 e. The normalized spacial score (nSPS) is 16.3. The van der Waals surface area contributed by atoms with Crippen LogP contribution in [0.3, 0.4) is 0 Å². The van der Waals surface area contributed by atoms with Gasteiger partial charge in [-0.2, -0.15) is 0 Å². The molecule has 14 nitrogen and oxygen atoms in total. The van der Waals surface area contributed by atoms with Crippen molar-refractivity contribution >= 4 is 29.7 Å². The molecule has 33 heavy (non-hydrogen) atoms. The van der Waals surface area contributed by atoms with Gasteiger partial charge in [0.05, 0.1) is 12.7 Å². The van der Waals surface area contributed by atoms with Crippen molar-refractivity contribution in [2.45, 2.75) is 70.3 Å². The third-order valence-electron chi connectivity index (χ3n) is 4.99. The van der Waals surface area contributed by atoms with Crippen LogP contribution in [0.4, 0.5) is 0 Å². The Morgan fingerprint density at radius 3 is 1.97 bits per heavy atom. The van der Waals surface area contributed by atoms with Crippen LogP contribution in [0.1, 0.15) is 40.0 Å². The zero-order chi connectivity index (χ0) is 25.7. The van der Waals surface area contributed by atoms with Crippen LogP contribution < -0.4 is 33.2 Å². The van der Waals surface area contributed by atoms with Gasteiger partial charge in [-0.25, -0.2) is 4.79 Å². The number of aliphatic imine (C=N–C) groups is 1. The number of nitrogens with zero attached hydrogens (tertiary/aromatic N) is 1. The molecule has 14 heteroatoms. The van der Waals surface area contributed by atoms with Crippen molar-refractivity contribution in [2.24, 2.45) is 28.1 Å². The summed E-state index contributed by atoms with van der Waals surface area (Å²) in [7, 11) is 0. The molecule has 6 atom stereocenters. The van der Waals surface area contributed by atoms with Crippen LogP contribution in [0.5, 0.6) is 0 Å². The molecule has 12 N–H and O–H groups in total. The molecule has 0 aliphatic rings. The highest BCUT2D eigenvalue weighted by atomic mass is 16.4. The van der Waals surface area contributed by atoms with Gasteiger partial charge in [-0.1, -0.05) is 20.3 Å². The highest BCUT2D eigenvalue weighted by molar-refractivity contribution is 5.94. The molecular weight excluding hydrogens is 438 g/mol. The quantitative estimate of drug-likeness (QED) is 0.0636. The van der Waals surface area contributed by atoms with Crippen LogP contribution in [-0.2, 0) is 19.2 Å². The number of aliphatic hydroxyl groups excluding tert-OH is 2. The highest BCUT2D eigenvalue weighted by Gasteiger charge is 2.32. The largest absolute Gasteiger partial charge is 0.480 e. The van der Waals surface area contributed by atoms with Crippen LogP contribution in [0, 0.1) is 5.92 Å². The molecule has 3 amide bonds. The summed E-state index contributed by atoms with van der Waals surface area (Å²) in [6, 6.07) is -5.18. The average Bonchev–Trinajstić information content (AvgIpc) is 2.75. The van der Waals surface area contributed by atoms with Crippen molar-refractivity contribution in [2.75, 3.05) is 13.2 Å². The number of aliphatic carboxylic acids is 1. The Kier molecular flexibility index (Phi) is 13.6. The molecule has 0 fully saturated rings. The van der Waals surface area contributed by atoms with E-state index in [1.54, 1.807) is 13.8 Å². The second-order valence-electron chi connectivity index (χ2n) is 7.73. The number of carbonyl (C=O) groups is 4. The van der Waals surface area contributed by atoms with Crippen molar-refractivity contribution in [1.29, 1.82) is 0 Å². The van der Waals surface area contributed by atoms with Gasteiger partial charge in [0, 0.05) is 6.54 Å². The molecule has 0 bridgehead atoms. The summed E-state index contributed by atoms with van der Waals surface area (Å²) in [6.07, 6.45) is -0.392. The van der Waals surface area contributed by atoms with Crippen LogP contribution in [-0.4, -0.2) is 88.4 Å². The third kappa shape index (κ3) is 10.9. The van der Waals surface area contributed by atoms with Crippen molar-refractivity contribution in [3.8, 4) is 0 Å². The molecule has 0 heterocycles. The monoisotopic (exact) mass is 475 g/mol. The molecule has 0 aromatic heterocycles. The molecule has 0 aliphatic carbocycles. The number of hydrogen-bond acceptors (Lipinski definition) is 8. The minimum atomic E-state index is -1.47. The summed E-state index contributed by atoms with van der Waals surface area (Å²) in [5, 5.41) is 35.4. The van der Waals surface area contributed by atoms with E-state index >= 15 is 0 Å². The number of carboxylic acids is 1. The maximum atomic E-state index is 12.8. The van der Waals surface area contributed by atoms with Gasteiger partial charge < -0.3 is 48.5 Å². The summed E-state index contributed by atoms with van der Waals surface area (Å²) < 4.78 is 0. The lowest BCUT2D eigenvalue weighted by Crippen LogP contribution is -2.59. The molecular formula is C19H37N7O7. The Morgan fingerprint density at radius 2 is 1.52 bits per heavy atom. The first-order valence-electron chi connectivity index (χ1n) is 10.6. The Balaban J connectivity index is 5.39. The van der Waals surface area contributed by atoms with E-state index in [0.29, 0.717) is 6.42 Å². The first kappa shape index (κ1) is 30.0. The number of rotatable bonds is 15. The minimum Gasteiger partial charge on any atom is -0.480 e. The van der Waals surface area contributed by atoms with E-state index in [4.69, 9.17) is 17.2 Å². The van der Waals surface area contributed by atoms with Gasteiger partial charge in [0.15, 0.2) is 5.96 Å². The van der Waals surface area contributed by atoms with Crippen molar-refractivity contribution < 1.29 is 34.5 Å². The van der Waals surface area contributed by atoms with Crippen LogP contribution in [0.15, 0.2) is 4.99 Å². The first-order chi connectivity index (χ1) is 15.3. The SMILES string of the molecule is CCC(C)C(NC(=O)C(CO)NC(=O)C(CCCN=C(N)N)NC(=O)C(N)C(C)O)C(=O)O. The van der Waals surface area contributed by atoms with E-state index < -0.39 is 66.5 Å². The Bertz CT molecular complexity index is 698. The van der Waals surface area contributed by atoms with Crippen molar-refractivity contribution in [1.82, 2.24) is 16.0 Å². The molecule has 0 aromatic carbocycles. The highest BCUT2D eigenvalue weighted by Crippen LogP contribution is 2.08. The lowest BCUT2D eigenvalue weighted by Gasteiger charge is -2.26. The number of guanidine groups is 1. The summed E-state index contributed by atoms with van der Waals surface area (Å²) in [4.78, 5) is 52.7. The van der Waals surface area contributed by atoms with Gasteiger partial charge in [0.1, 0.15) is 24.2 Å². The van der Waals surface area contributed by atoms with Crippen molar-refractivity contribution in [3.63, 3.8) is 0 Å². The second-order valence-corrected chi connectivity index (χ2v) is 7.73. The van der Waals surface area contributed by atoms with Crippen LogP contribution in [0.25, 0.3) is 0 Å². The predicted octanol–water partition coefficient (Wildman–Crippen LogP) is -3.67. The van der Waals surface area contributed by atoms with Gasteiger partial charge in [0.25, 0.3) is 0 Å². The van der Waals surface area contributed by atoms with E-state index in [2.05, 4.69) is 20.9 Å². The van der Waals surface area contributed by atoms with E-state index in [1.807, 2.05) is 0 Å². The lowest BCUT2D eigenvalue weighted by molar-refractivity contribution is -0.144. The fraction of sp³-hybridized carbons (Fsp3) is 0.737. The van der Waals surface area contributed by atoms with Crippen LogP contribution >= 0.6 is 0 Å². The zero-order valence-electron chi connectivity index (χ0n) is 19.2. The molecule has 0 spiro atoms. The number of carboxylic acid groups (broad SMARTS) is 1. The number of nitrogens with two attached hydrogens (primary N) is 3. The fourth-order valence-electron chi connectivity index (χ4n) is 2.66. The summed E-state index contributed by atoms with van der Waals surface area (Å²) in [6.45, 7) is 4.04. The minimum absolute atomic E-state index is 0.0469. The molecule has 0 aliphatic heterocycles. The molecule has 0 aromatic rings. The summed E-state index contributed by atoms with van der Waals surface area (Å²) >= 11 is 0. The van der Waals surface area contributed by atoms with E-state index in [9.17, 15) is 34.5 Å². The maximum absolute atomic E-state index is 12.8. The van der Waals surface area contributed by atoms with Crippen LogP contribution in [0.2, 0.25) is 0 Å². The van der Waals surface area contributed by atoms with Gasteiger partial charge in [-0.05, 0) is 25.7 Å². The molecule has 0 saturated heterocycles. The lowest BCUT2D eigenvalue weighted by atomic mass is 9.99. The molecule has 0 radical (unpaired) electrons. The Labute approximate surface area is 192 Å². The van der Waals surface area contributed by atoms with Gasteiger partial charge >= 0.3 is 5.97 Å². The number of nitrogens with one attached hydrogen (secondary N) is 3. The summed E-state index contributed by atoms with van der Waals surface area (Å²) in [5.41, 5.74) is 16.1. The third-order valence-corrected chi connectivity index (χ3v) is 4.99. The number of amides is 3. The van der Waals surface area contributed by atoms with Gasteiger partial charge in [0.2, 0.25) is 17.7 Å². The van der Waals surface area contributed by atoms with Gasteiger partial charge in [-0.3, -0.25) is 19.4 Å². The van der Waals surface area contributed by atoms with E-state index in [1.165, 1.54) is 6.92 Å². The Morgan fingerprint density at radius 1 is 0.970 bits per heavy atom. The average molecular weight is 476 g/mol. The zero-order valence-corrected chi connectivity index (χ0v) is 19.2. The molecule has 0 rings (SSSR count). The standard InChI is InChI=1S/C19H37N7O7/c1-4-9(2)14(18(32)33)26-16(30)12(8-27)25-15(29)11(6-5-7-23-19(21)22)24-17(31)13(20)10(3)28/h9-14,27-28H,4-8,20H2,1-3H3,(H,24,31)(H,25,29)(H,26,30)(H,32,33)(H4,21,22,23). The molecule has 190 valence electrons. The summed E-state index contributed by atoms with van der Waals surface area (Å²) in [5.74, 6) is -4.33. The van der Waals surface area contributed by atoms with E-state index in [0.717, 1.165) is 0 Å². The van der Waals surface area contributed by atoms with E-state index in [-0.39, 0.29) is 25.3 Å².